The zero-order chi connectivity index (χ0) is 15.0. The number of imide groups is 1. The predicted molar refractivity (Wildman–Crippen MR) is 77.7 cm³/mol. The highest BCUT2D eigenvalue weighted by molar-refractivity contribution is 7.10. The van der Waals surface area contributed by atoms with Crippen molar-refractivity contribution < 1.29 is 14.4 Å². The average Bonchev–Trinajstić information content (AvgIpc) is 3.16. The lowest BCUT2D eigenvalue weighted by Crippen LogP contribution is -2.41. The summed E-state index contributed by atoms with van der Waals surface area (Å²) in [6.07, 6.45) is 1.91. The molecule has 1 aromatic rings. The van der Waals surface area contributed by atoms with Crippen molar-refractivity contribution in [1.82, 2.24) is 15.1 Å². The molecule has 112 valence electrons. The second-order valence-corrected chi connectivity index (χ2v) is 6.43. The molecule has 4 amide bonds. The minimum Gasteiger partial charge on any atom is -0.350 e. The van der Waals surface area contributed by atoms with Crippen LogP contribution in [0.1, 0.15) is 23.3 Å². The third-order valence-corrected chi connectivity index (χ3v) is 4.81. The lowest BCUT2D eigenvalue weighted by molar-refractivity contribution is -0.130. The van der Waals surface area contributed by atoms with Gasteiger partial charge in [-0.1, -0.05) is 0 Å². The average molecular weight is 307 g/mol. The number of carbonyl (C=O) groups is 3. The number of hydrogen-bond acceptors (Lipinski definition) is 4. The van der Waals surface area contributed by atoms with Crippen LogP contribution in [0.25, 0.3) is 0 Å². The summed E-state index contributed by atoms with van der Waals surface area (Å²) in [5.41, 5.74) is 1.13. The highest BCUT2D eigenvalue weighted by Crippen LogP contribution is 2.30. The number of thiophene rings is 1. The Morgan fingerprint density at radius 3 is 2.81 bits per heavy atom. The Hall–Kier alpha value is -1.89. The van der Waals surface area contributed by atoms with Gasteiger partial charge in [0.05, 0.1) is 6.54 Å². The SMILES string of the molecule is Cc1ccsc1CNC(=O)CN1C(=O)CN(C2CC2)C1=O. The first kappa shape index (κ1) is 14.1. The van der Waals surface area contributed by atoms with Crippen LogP contribution in [0, 0.1) is 6.92 Å². The van der Waals surface area contributed by atoms with Gasteiger partial charge in [-0.25, -0.2) is 4.79 Å². The normalized spacial score (nSPS) is 18.5. The van der Waals surface area contributed by atoms with Crippen LogP contribution in [0.15, 0.2) is 11.4 Å². The first-order chi connectivity index (χ1) is 10.1. The molecule has 1 aliphatic heterocycles. The van der Waals surface area contributed by atoms with E-state index in [0.29, 0.717) is 6.54 Å². The van der Waals surface area contributed by atoms with Crippen LogP contribution in [0.3, 0.4) is 0 Å². The number of urea groups is 1. The summed E-state index contributed by atoms with van der Waals surface area (Å²) >= 11 is 1.58. The van der Waals surface area contributed by atoms with Gasteiger partial charge in [0.2, 0.25) is 5.91 Å². The Morgan fingerprint density at radius 2 is 2.19 bits per heavy atom. The van der Waals surface area contributed by atoms with Crippen molar-refractivity contribution >= 4 is 29.2 Å². The van der Waals surface area contributed by atoms with Gasteiger partial charge in [-0.2, -0.15) is 0 Å². The number of amides is 4. The topological polar surface area (TPSA) is 69.7 Å². The minimum atomic E-state index is -0.329. The number of rotatable bonds is 5. The van der Waals surface area contributed by atoms with Gasteiger partial charge >= 0.3 is 6.03 Å². The summed E-state index contributed by atoms with van der Waals surface area (Å²) in [6, 6.07) is 1.86. The van der Waals surface area contributed by atoms with Crippen LogP contribution in [0.5, 0.6) is 0 Å². The first-order valence-electron chi connectivity index (χ1n) is 6.97. The van der Waals surface area contributed by atoms with Crippen LogP contribution in [-0.4, -0.2) is 46.8 Å². The zero-order valence-electron chi connectivity index (χ0n) is 11.8. The Bertz CT molecular complexity index is 594. The molecule has 1 saturated carbocycles. The lowest BCUT2D eigenvalue weighted by atomic mass is 10.3. The van der Waals surface area contributed by atoms with Crippen LogP contribution in [0.2, 0.25) is 0 Å². The molecule has 2 fully saturated rings. The molecule has 1 aromatic heterocycles. The molecule has 0 spiro atoms. The predicted octanol–water partition coefficient (Wildman–Crippen LogP) is 1.10. The number of aryl methyl sites for hydroxylation is 1. The maximum absolute atomic E-state index is 12.1. The minimum absolute atomic E-state index is 0.112. The molecule has 7 heteroatoms. The molecule has 0 radical (unpaired) electrons. The summed E-state index contributed by atoms with van der Waals surface area (Å²) in [5.74, 6) is -0.587. The van der Waals surface area contributed by atoms with Gasteiger partial charge in [-0.15, -0.1) is 11.3 Å². The highest BCUT2D eigenvalue weighted by Gasteiger charge is 2.44. The smallest absolute Gasteiger partial charge is 0.327 e. The van der Waals surface area contributed by atoms with Crippen LogP contribution in [-0.2, 0) is 16.1 Å². The molecule has 0 bridgehead atoms. The molecule has 0 unspecified atom stereocenters. The summed E-state index contributed by atoms with van der Waals surface area (Å²) in [4.78, 5) is 39.5. The fourth-order valence-electron chi connectivity index (χ4n) is 2.35. The highest BCUT2D eigenvalue weighted by atomic mass is 32.1. The van der Waals surface area contributed by atoms with E-state index in [-0.39, 0.29) is 37.0 Å². The Morgan fingerprint density at radius 1 is 1.43 bits per heavy atom. The second-order valence-electron chi connectivity index (χ2n) is 5.43. The van der Waals surface area contributed by atoms with Gasteiger partial charge in [-0.3, -0.25) is 14.5 Å². The Balaban J connectivity index is 1.53. The molecule has 1 aliphatic carbocycles. The summed E-state index contributed by atoms with van der Waals surface area (Å²) in [5, 5.41) is 4.73. The van der Waals surface area contributed by atoms with Crippen molar-refractivity contribution in [2.24, 2.45) is 0 Å². The fourth-order valence-corrected chi connectivity index (χ4v) is 3.20. The van der Waals surface area contributed by atoms with E-state index in [0.717, 1.165) is 28.2 Å². The number of carbonyl (C=O) groups excluding carboxylic acids is 3. The van der Waals surface area contributed by atoms with E-state index in [1.807, 2.05) is 18.4 Å². The molecule has 1 N–H and O–H groups in total. The van der Waals surface area contributed by atoms with E-state index in [1.165, 1.54) is 0 Å². The zero-order valence-corrected chi connectivity index (χ0v) is 12.6. The van der Waals surface area contributed by atoms with Gasteiger partial charge in [0.25, 0.3) is 5.91 Å². The van der Waals surface area contributed by atoms with E-state index >= 15 is 0 Å². The van der Waals surface area contributed by atoms with Crippen LogP contribution >= 0.6 is 11.3 Å². The van der Waals surface area contributed by atoms with E-state index < -0.39 is 0 Å². The molecule has 0 aromatic carbocycles. The van der Waals surface area contributed by atoms with E-state index in [1.54, 1.807) is 16.2 Å². The van der Waals surface area contributed by atoms with Crippen molar-refractivity contribution in [2.45, 2.75) is 32.4 Å². The van der Waals surface area contributed by atoms with E-state index in [2.05, 4.69) is 5.32 Å². The standard InChI is InChI=1S/C14H17N3O3S/c1-9-4-5-21-11(9)6-15-12(18)7-17-13(19)8-16(14(17)20)10-2-3-10/h4-5,10H,2-3,6-8H2,1H3,(H,15,18). The Labute approximate surface area is 126 Å². The molecular formula is C14H17N3O3S. The number of nitrogens with one attached hydrogen (secondary N) is 1. The largest absolute Gasteiger partial charge is 0.350 e. The van der Waals surface area contributed by atoms with Gasteiger partial charge in [0.15, 0.2) is 0 Å². The molecule has 0 atom stereocenters. The van der Waals surface area contributed by atoms with Crippen molar-refractivity contribution in [3.05, 3.63) is 21.9 Å². The van der Waals surface area contributed by atoms with E-state index in [9.17, 15) is 14.4 Å². The maximum atomic E-state index is 12.1. The Kier molecular flexibility index (Phi) is 3.67. The monoisotopic (exact) mass is 307 g/mol. The summed E-state index contributed by atoms with van der Waals surface area (Å²) in [6.45, 7) is 2.34. The number of nitrogens with zero attached hydrogens (tertiary/aromatic N) is 2. The van der Waals surface area contributed by atoms with Crippen molar-refractivity contribution in [2.75, 3.05) is 13.1 Å². The second kappa shape index (κ2) is 5.48. The van der Waals surface area contributed by atoms with Gasteiger partial charge in [-0.05, 0) is 36.8 Å². The quantitative estimate of drug-likeness (QED) is 0.828. The van der Waals surface area contributed by atoms with Crippen LogP contribution in [0.4, 0.5) is 4.79 Å². The van der Waals surface area contributed by atoms with Crippen LogP contribution < -0.4 is 5.32 Å². The molecule has 2 aliphatic rings. The third kappa shape index (κ3) is 2.92. The van der Waals surface area contributed by atoms with Crippen molar-refractivity contribution in [3.63, 3.8) is 0 Å². The molecule has 21 heavy (non-hydrogen) atoms. The lowest BCUT2D eigenvalue weighted by Gasteiger charge is -2.16. The van der Waals surface area contributed by atoms with E-state index in [4.69, 9.17) is 0 Å². The molecule has 1 saturated heterocycles. The molecular weight excluding hydrogens is 290 g/mol. The van der Waals surface area contributed by atoms with Gasteiger partial charge < -0.3 is 10.2 Å². The molecule has 6 nitrogen and oxygen atoms in total. The summed E-state index contributed by atoms with van der Waals surface area (Å²) < 4.78 is 0. The van der Waals surface area contributed by atoms with Gasteiger partial charge in [0.1, 0.15) is 13.1 Å². The van der Waals surface area contributed by atoms with Crippen molar-refractivity contribution in [3.8, 4) is 0 Å². The third-order valence-electron chi connectivity index (χ3n) is 3.79. The fraction of sp³-hybridized carbons (Fsp3) is 0.500. The number of hydrogen-bond donors (Lipinski definition) is 1. The molecule has 2 heterocycles. The molecule has 3 rings (SSSR count). The summed E-state index contributed by atoms with van der Waals surface area (Å²) in [7, 11) is 0. The first-order valence-corrected chi connectivity index (χ1v) is 7.85. The maximum Gasteiger partial charge on any atom is 0.327 e. The van der Waals surface area contributed by atoms with Crippen molar-refractivity contribution in [1.29, 1.82) is 0 Å². The van der Waals surface area contributed by atoms with Gasteiger partial charge in [0, 0.05) is 10.9 Å².